The van der Waals surface area contributed by atoms with E-state index in [0.29, 0.717) is 0 Å². The molecule has 2 heteroatoms. The summed E-state index contributed by atoms with van der Waals surface area (Å²) in [5, 5.41) is 0. The van der Waals surface area contributed by atoms with Crippen molar-refractivity contribution in [3.63, 3.8) is 0 Å². The molecule has 16 heavy (non-hydrogen) atoms. The molecule has 0 aliphatic rings. The van der Waals surface area contributed by atoms with Crippen LogP contribution < -0.4 is 0 Å². The lowest BCUT2D eigenvalue weighted by molar-refractivity contribution is -0.153. The van der Waals surface area contributed by atoms with Crippen LogP contribution in [-0.4, -0.2) is 13.1 Å². The summed E-state index contributed by atoms with van der Waals surface area (Å²) in [6.45, 7) is 4.09. The van der Waals surface area contributed by atoms with Crippen LogP contribution in [0.5, 0.6) is 0 Å². The summed E-state index contributed by atoms with van der Waals surface area (Å²) >= 11 is 0. The van der Waals surface area contributed by atoms with E-state index in [2.05, 4.69) is 12.1 Å². The molecule has 0 aliphatic carbocycles. The van der Waals surface area contributed by atoms with Gasteiger partial charge < -0.3 is 4.74 Å². The van der Waals surface area contributed by atoms with Crippen LogP contribution in [0.3, 0.4) is 0 Å². The van der Waals surface area contributed by atoms with Gasteiger partial charge in [0, 0.05) is 0 Å². The Kier molecular flexibility index (Phi) is 4.53. The van der Waals surface area contributed by atoms with E-state index in [1.807, 2.05) is 32.0 Å². The van der Waals surface area contributed by atoms with Crippen molar-refractivity contribution in [1.29, 1.82) is 0 Å². The number of hydrogen-bond acceptors (Lipinski definition) is 2. The maximum atomic E-state index is 11.9. The van der Waals surface area contributed by atoms with Crippen LogP contribution >= 0.6 is 0 Å². The van der Waals surface area contributed by atoms with Crippen molar-refractivity contribution in [3.8, 4) is 0 Å². The summed E-state index contributed by atoms with van der Waals surface area (Å²) in [5.74, 6) is -0.0960. The monoisotopic (exact) mass is 220 g/mol. The summed E-state index contributed by atoms with van der Waals surface area (Å²) in [6.07, 6.45) is 2.38. The Balaban J connectivity index is 2.91. The second-order valence-electron chi connectivity index (χ2n) is 4.14. The normalized spacial score (nSPS) is 11.2. The highest BCUT2D eigenvalue weighted by molar-refractivity contribution is 5.77. The Morgan fingerprint density at radius 1 is 1.19 bits per heavy atom. The zero-order valence-electron chi connectivity index (χ0n) is 10.3. The molecule has 0 saturated carbocycles. The van der Waals surface area contributed by atoms with Crippen molar-refractivity contribution in [3.05, 3.63) is 35.9 Å². The van der Waals surface area contributed by atoms with Crippen LogP contribution in [0.15, 0.2) is 30.3 Å². The van der Waals surface area contributed by atoms with Crippen molar-refractivity contribution >= 4 is 5.97 Å². The predicted octanol–water partition coefficient (Wildman–Crippen LogP) is 3.21. The lowest BCUT2D eigenvalue weighted by atomic mass is 9.77. The van der Waals surface area contributed by atoms with Gasteiger partial charge in [0.25, 0.3) is 0 Å². The average molecular weight is 220 g/mol. The Morgan fingerprint density at radius 3 is 2.19 bits per heavy atom. The first-order valence-electron chi connectivity index (χ1n) is 5.81. The van der Waals surface area contributed by atoms with Gasteiger partial charge in [0.1, 0.15) is 0 Å². The molecule has 0 bridgehead atoms. The largest absolute Gasteiger partial charge is 0.469 e. The van der Waals surface area contributed by atoms with E-state index in [9.17, 15) is 4.79 Å². The summed E-state index contributed by atoms with van der Waals surface area (Å²) in [7, 11) is 1.47. The number of esters is 1. The summed E-state index contributed by atoms with van der Waals surface area (Å²) in [6, 6.07) is 10.1. The van der Waals surface area contributed by atoms with Crippen LogP contribution in [0.2, 0.25) is 0 Å². The zero-order chi connectivity index (χ0) is 12.0. The molecule has 0 spiro atoms. The molecule has 0 radical (unpaired) electrons. The highest BCUT2D eigenvalue weighted by Crippen LogP contribution is 2.32. The van der Waals surface area contributed by atoms with Crippen LogP contribution in [0.25, 0.3) is 0 Å². The van der Waals surface area contributed by atoms with E-state index in [4.69, 9.17) is 4.74 Å². The SMILES string of the molecule is CCC(CC)(Cc1ccccc1)C(=O)OC. The van der Waals surface area contributed by atoms with E-state index >= 15 is 0 Å². The molecule has 2 nitrogen and oxygen atoms in total. The van der Waals surface area contributed by atoms with Gasteiger partial charge >= 0.3 is 5.97 Å². The second-order valence-corrected chi connectivity index (χ2v) is 4.14. The van der Waals surface area contributed by atoms with Gasteiger partial charge in [-0.05, 0) is 24.8 Å². The molecule has 88 valence electrons. The van der Waals surface area contributed by atoms with E-state index in [0.717, 1.165) is 19.3 Å². The lowest BCUT2D eigenvalue weighted by Crippen LogP contribution is -2.33. The molecular weight excluding hydrogens is 200 g/mol. The van der Waals surface area contributed by atoms with Crippen molar-refractivity contribution in [2.45, 2.75) is 33.1 Å². The number of methoxy groups -OCH3 is 1. The van der Waals surface area contributed by atoms with E-state index < -0.39 is 0 Å². The van der Waals surface area contributed by atoms with Crippen molar-refractivity contribution in [2.75, 3.05) is 7.11 Å². The van der Waals surface area contributed by atoms with Gasteiger partial charge in [-0.1, -0.05) is 44.2 Å². The first-order chi connectivity index (χ1) is 7.68. The first kappa shape index (κ1) is 12.8. The number of benzene rings is 1. The van der Waals surface area contributed by atoms with Gasteiger partial charge in [0.2, 0.25) is 0 Å². The first-order valence-corrected chi connectivity index (χ1v) is 5.81. The molecule has 0 heterocycles. The predicted molar refractivity (Wildman–Crippen MR) is 65.2 cm³/mol. The van der Waals surface area contributed by atoms with Crippen molar-refractivity contribution in [1.82, 2.24) is 0 Å². The summed E-state index contributed by atoms with van der Waals surface area (Å²) in [5.41, 5.74) is 0.826. The number of hydrogen-bond donors (Lipinski definition) is 0. The highest BCUT2D eigenvalue weighted by atomic mass is 16.5. The molecule has 0 aromatic heterocycles. The minimum Gasteiger partial charge on any atom is -0.469 e. The average Bonchev–Trinajstić information content (AvgIpc) is 2.36. The number of carbonyl (C=O) groups is 1. The Morgan fingerprint density at radius 2 is 1.75 bits per heavy atom. The molecule has 0 N–H and O–H groups in total. The Bertz CT molecular complexity index is 326. The fraction of sp³-hybridized carbons (Fsp3) is 0.500. The molecule has 1 aromatic rings. The van der Waals surface area contributed by atoms with Crippen molar-refractivity contribution in [2.24, 2.45) is 5.41 Å². The Labute approximate surface area is 97.6 Å². The fourth-order valence-electron chi connectivity index (χ4n) is 2.06. The molecule has 0 aliphatic heterocycles. The third-order valence-corrected chi connectivity index (χ3v) is 3.36. The van der Waals surface area contributed by atoms with E-state index in [1.165, 1.54) is 12.7 Å². The quantitative estimate of drug-likeness (QED) is 0.712. The maximum Gasteiger partial charge on any atom is 0.312 e. The van der Waals surface area contributed by atoms with E-state index in [1.54, 1.807) is 0 Å². The molecule has 0 saturated heterocycles. The molecule has 0 fully saturated rings. The second kappa shape index (κ2) is 5.69. The molecule has 0 amide bonds. The van der Waals surface area contributed by atoms with Gasteiger partial charge in [-0.2, -0.15) is 0 Å². The zero-order valence-corrected chi connectivity index (χ0v) is 10.3. The molecule has 1 rings (SSSR count). The van der Waals surface area contributed by atoms with Crippen LogP contribution in [0.4, 0.5) is 0 Å². The standard InChI is InChI=1S/C14H20O2/c1-4-14(5-2,13(15)16-3)11-12-9-7-6-8-10-12/h6-10H,4-5,11H2,1-3H3. The van der Waals surface area contributed by atoms with Gasteiger partial charge in [-0.15, -0.1) is 0 Å². The van der Waals surface area contributed by atoms with E-state index in [-0.39, 0.29) is 11.4 Å². The lowest BCUT2D eigenvalue weighted by Gasteiger charge is -2.28. The van der Waals surface area contributed by atoms with Gasteiger partial charge in [-0.3, -0.25) is 4.79 Å². The molecule has 0 atom stereocenters. The van der Waals surface area contributed by atoms with Crippen LogP contribution in [0, 0.1) is 5.41 Å². The van der Waals surface area contributed by atoms with Crippen molar-refractivity contribution < 1.29 is 9.53 Å². The molecule has 1 aromatic carbocycles. The molecular formula is C14H20O2. The summed E-state index contributed by atoms with van der Waals surface area (Å²) in [4.78, 5) is 11.9. The third kappa shape index (κ3) is 2.63. The van der Waals surface area contributed by atoms with Crippen LogP contribution in [0.1, 0.15) is 32.3 Å². The topological polar surface area (TPSA) is 26.3 Å². The Hall–Kier alpha value is -1.31. The smallest absolute Gasteiger partial charge is 0.312 e. The molecule has 0 unspecified atom stereocenters. The minimum atomic E-state index is -0.365. The number of ether oxygens (including phenoxy) is 1. The van der Waals surface area contributed by atoms with Gasteiger partial charge in [-0.25, -0.2) is 0 Å². The summed E-state index contributed by atoms with van der Waals surface area (Å²) < 4.78 is 4.93. The third-order valence-electron chi connectivity index (χ3n) is 3.36. The maximum absolute atomic E-state index is 11.9. The highest BCUT2D eigenvalue weighted by Gasteiger charge is 2.35. The number of carbonyl (C=O) groups excluding carboxylic acids is 1. The van der Waals surface area contributed by atoms with Crippen LogP contribution in [-0.2, 0) is 16.0 Å². The minimum absolute atomic E-state index is 0.0960. The van der Waals surface area contributed by atoms with Gasteiger partial charge in [0.05, 0.1) is 12.5 Å². The number of rotatable bonds is 5. The fourth-order valence-corrected chi connectivity index (χ4v) is 2.06. The van der Waals surface area contributed by atoms with Gasteiger partial charge in [0.15, 0.2) is 0 Å².